The van der Waals surface area contributed by atoms with Crippen LogP contribution in [0.15, 0.2) is 36.5 Å². The zero-order valence-electron chi connectivity index (χ0n) is 28.5. The molecule has 0 aromatic rings. The van der Waals surface area contributed by atoms with E-state index in [0.29, 0.717) is 12.8 Å². The summed E-state index contributed by atoms with van der Waals surface area (Å²) in [6.45, 7) is 4.30. The Kier molecular flexibility index (Phi) is 33.2. The standard InChI is InChI=1S/C39H70O4/c1-3-5-6-7-8-9-10-11-12-13-14-15-16-17-21-24-27-30-33-36-39(42)43-37(4-2)34-31-28-25-22-19-18-20-23-26-29-32-35-38(40)41/h5-6,8-9,11-12,37H,3-4,7,10,13-36H2,1-2H3,(H,40,41)/b6-5-,9-8-,12-11-. The molecule has 43 heavy (non-hydrogen) atoms. The van der Waals surface area contributed by atoms with Crippen LogP contribution < -0.4 is 0 Å². The van der Waals surface area contributed by atoms with Crippen LogP contribution >= 0.6 is 0 Å². The Labute approximate surface area is 267 Å². The molecule has 0 spiro atoms. The van der Waals surface area contributed by atoms with Gasteiger partial charge in [0.05, 0.1) is 0 Å². The van der Waals surface area contributed by atoms with Crippen molar-refractivity contribution in [2.24, 2.45) is 0 Å². The maximum atomic E-state index is 12.3. The van der Waals surface area contributed by atoms with Crippen LogP contribution in [0.1, 0.15) is 194 Å². The van der Waals surface area contributed by atoms with Crippen molar-refractivity contribution in [2.75, 3.05) is 0 Å². The Morgan fingerprint density at radius 3 is 1.44 bits per heavy atom. The molecule has 1 atom stereocenters. The quantitative estimate of drug-likeness (QED) is 0.0461. The summed E-state index contributed by atoms with van der Waals surface area (Å²) in [7, 11) is 0. The normalized spacial score (nSPS) is 12.6. The molecular weight excluding hydrogens is 532 g/mol. The van der Waals surface area contributed by atoms with E-state index in [-0.39, 0.29) is 12.1 Å². The van der Waals surface area contributed by atoms with E-state index in [9.17, 15) is 9.59 Å². The summed E-state index contributed by atoms with van der Waals surface area (Å²) in [5.41, 5.74) is 0. The smallest absolute Gasteiger partial charge is 0.306 e. The lowest BCUT2D eigenvalue weighted by Gasteiger charge is -2.16. The van der Waals surface area contributed by atoms with Crippen molar-refractivity contribution < 1.29 is 19.4 Å². The predicted octanol–water partition coefficient (Wildman–Crippen LogP) is 12.6. The highest BCUT2D eigenvalue weighted by molar-refractivity contribution is 5.69. The first-order valence-electron chi connectivity index (χ1n) is 18.5. The molecule has 0 aromatic heterocycles. The number of carboxylic acids is 1. The number of aliphatic carboxylic acids is 1. The summed E-state index contributed by atoms with van der Waals surface area (Å²) in [5, 5.41) is 8.65. The van der Waals surface area contributed by atoms with Crippen LogP contribution in [0.5, 0.6) is 0 Å². The Balaban J connectivity index is 3.45. The van der Waals surface area contributed by atoms with E-state index in [1.807, 2.05) is 0 Å². The molecule has 0 aliphatic heterocycles. The Bertz CT molecular complexity index is 693. The van der Waals surface area contributed by atoms with Crippen LogP contribution in [0.4, 0.5) is 0 Å². The second kappa shape index (κ2) is 34.6. The van der Waals surface area contributed by atoms with Crippen molar-refractivity contribution >= 4 is 11.9 Å². The van der Waals surface area contributed by atoms with Crippen molar-refractivity contribution in [3.8, 4) is 0 Å². The molecular formula is C39H70O4. The van der Waals surface area contributed by atoms with Crippen molar-refractivity contribution in [2.45, 2.75) is 200 Å². The lowest BCUT2D eigenvalue weighted by Crippen LogP contribution is -2.17. The number of carbonyl (C=O) groups excluding carboxylic acids is 1. The minimum atomic E-state index is -0.675. The van der Waals surface area contributed by atoms with Gasteiger partial charge in [0, 0.05) is 12.8 Å². The lowest BCUT2D eigenvalue weighted by molar-refractivity contribution is -0.149. The van der Waals surface area contributed by atoms with Gasteiger partial charge in [-0.2, -0.15) is 0 Å². The summed E-state index contributed by atoms with van der Waals surface area (Å²) in [4.78, 5) is 22.8. The van der Waals surface area contributed by atoms with Crippen molar-refractivity contribution in [3.05, 3.63) is 36.5 Å². The Morgan fingerprint density at radius 2 is 0.953 bits per heavy atom. The Hall–Kier alpha value is -1.84. The van der Waals surface area contributed by atoms with E-state index in [4.69, 9.17) is 9.84 Å². The van der Waals surface area contributed by atoms with E-state index in [2.05, 4.69) is 50.3 Å². The highest BCUT2D eigenvalue weighted by atomic mass is 16.5. The SMILES string of the molecule is CC/C=C\C/C=C\C/C=C\CCCCCCCCCCCC(=O)OC(CC)CCCCCCCCCCCCCC(=O)O. The van der Waals surface area contributed by atoms with Crippen molar-refractivity contribution in [3.63, 3.8) is 0 Å². The average molecular weight is 603 g/mol. The summed E-state index contributed by atoms with van der Waals surface area (Å²) in [5.74, 6) is -0.671. The average Bonchev–Trinajstić information content (AvgIpc) is 2.99. The maximum absolute atomic E-state index is 12.3. The van der Waals surface area contributed by atoms with Gasteiger partial charge in [-0.1, -0.05) is 153 Å². The number of rotatable bonds is 33. The fraction of sp³-hybridized carbons (Fsp3) is 0.795. The number of unbranched alkanes of at least 4 members (excludes halogenated alkanes) is 19. The molecule has 0 amide bonds. The molecule has 4 nitrogen and oxygen atoms in total. The molecule has 0 aliphatic carbocycles. The number of hydrogen-bond donors (Lipinski definition) is 1. The molecule has 0 aromatic carbocycles. The van der Waals surface area contributed by atoms with Gasteiger partial charge in [-0.3, -0.25) is 9.59 Å². The van der Waals surface area contributed by atoms with Gasteiger partial charge in [0.25, 0.3) is 0 Å². The van der Waals surface area contributed by atoms with Gasteiger partial charge in [-0.25, -0.2) is 0 Å². The summed E-state index contributed by atoms with van der Waals surface area (Å²) >= 11 is 0. The third-order valence-electron chi connectivity index (χ3n) is 8.20. The molecule has 1 unspecified atom stereocenters. The maximum Gasteiger partial charge on any atom is 0.306 e. The zero-order chi connectivity index (χ0) is 31.5. The molecule has 0 bridgehead atoms. The van der Waals surface area contributed by atoms with Gasteiger partial charge >= 0.3 is 11.9 Å². The van der Waals surface area contributed by atoms with Crippen LogP contribution in [-0.4, -0.2) is 23.1 Å². The molecule has 0 heterocycles. The van der Waals surface area contributed by atoms with Gasteiger partial charge in [0.15, 0.2) is 0 Å². The molecule has 0 saturated heterocycles. The summed E-state index contributed by atoms with van der Waals surface area (Å²) < 4.78 is 5.77. The Morgan fingerprint density at radius 1 is 0.535 bits per heavy atom. The zero-order valence-corrected chi connectivity index (χ0v) is 28.5. The number of carbonyl (C=O) groups is 2. The van der Waals surface area contributed by atoms with Crippen molar-refractivity contribution in [1.29, 1.82) is 0 Å². The summed E-state index contributed by atoms with van der Waals surface area (Å²) in [6.07, 6.45) is 45.3. The highest BCUT2D eigenvalue weighted by Crippen LogP contribution is 2.16. The fourth-order valence-corrected chi connectivity index (χ4v) is 5.43. The molecule has 250 valence electrons. The van der Waals surface area contributed by atoms with E-state index < -0.39 is 5.97 Å². The van der Waals surface area contributed by atoms with E-state index in [1.54, 1.807) is 0 Å². The first-order valence-corrected chi connectivity index (χ1v) is 18.5. The van der Waals surface area contributed by atoms with Crippen LogP contribution in [0.2, 0.25) is 0 Å². The largest absolute Gasteiger partial charge is 0.481 e. The van der Waals surface area contributed by atoms with Gasteiger partial charge in [-0.15, -0.1) is 0 Å². The number of allylic oxidation sites excluding steroid dienone is 6. The van der Waals surface area contributed by atoms with Crippen LogP contribution in [0.3, 0.4) is 0 Å². The van der Waals surface area contributed by atoms with Gasteiger partial charge < -0.3 is 9.84 Å². The number of hydrogen-bond acceptors (Lipinski definition) is 3. The molecule has 1 N–H and O–H groups in total. The first kappa shape index (κ1) is 41.2. The van der Waals surface area contributed by atoms with Crippen LogP contribution in [0, 0.1) is 0 Å². The fourth-order valence-electron chi connectivity index (χ4n) is 5.43. The third-order valence-corrected chi connectivity index (χ3v) is 8.20. The van der Waals surface area contributed by atoms with E-state index in [0.717, 1.165) is 64.2 Å². The van der Waals surface area contributed by atoms with Gasteiger partial charge in [-0.05, 0) is 64.2 Å². The molecule has 0 saturated carbocycles. The highest BCUT2D eigenvalue weighted by Gasteiger charge is 2.12. The second-order valence-corrected chi connectivity index (χ2v) is 12.4. The second-order valence-electron chi connectivity index (χ2n) is 12.4. The van der Waals surface area contributed by atoms with Gasteiger partial charge in [0.1, 0.15) is 6.10 Å². The van der Waals surface area contributed by atoms with E-state index in [1.165, 1.54) is 103 Å². The molecule has 0 aliphatic rings. The van der Waals surface area contributed by atoms with Gasteiger partial charge in [0.2, 0.25) is 0 Å². The molecule has 0 radical (unpaired) electrons. The van der Waals surface area contributed by atoms with E-state index >= 15 is 0 Å². The third kappa shape index (κ3) is 34.5. The number of ether oxygens (including phenoxy) is 1. The first-order chi connectivity index (χ1) is 21.1. The van der Waals surface area contributed by atoms with Crippen LogP contribution in [0.25, 0.3) is 0 Å². The minimum absolute atomic E-state index is 0.00371. The molecule has 4 heteroatoms. The predicted molar refractivity (Wildman–Crippen MR) is 186 cm³/mol. The van der Waals surface area contributed by atoms with Crippen LogP contribution in [-0.2, 0) is 14.3 Å². The topological polar surface area (TPSA) is 63.6 Å². The minimum Gasteiger partial charge on any atom is -0.481 e. The lowest BCUT2D eigenvalue weighted by atomic mass is 10.0. The molecule has 0 fully saturated rings. The monoisotopic (exact) mass is 603 g/mol. The van der Waals surface area contributed by atoms with Crippen molar-refractivity contribution in [1.82, 2.24) is 0 Å². The number of esters is 1. The number of carboxylic acid groups (broad SMARTS) is 1. The summed E-state index contributed by atoms with van der Waals surface area (Å²) in [6, 6.07) is 0. The molecule has 0 rings (SSSR count).